The van der Waals surface area contributed by atoms with Gasteiger partial charge in [0.15, 0.2) is 0 Å². The number of hydrogen-bond donors (Lipinski definition) is 0. The molecule has 1 aliphatic heterocycles. The second-order valence-corrected chi connectivity index (χ2v) is 6.43. The molecule has 2 heteroatoms. The SMILES string of the molecule is CC.CC(C)OC1CCN(C)CC1.CC1CCCCC1. The van der Waals surface area contributed by atoms with E-state index in [9.17, 15) is 0 Å². The summed E-state index contributed by atoms with van der Waals surface area (Å²) in [6.45, 7) is 13.0. The monoisotopic (exact) mass is 285 g/mol. The van der Waals surface area contributed by atoms with E-state index in [1.165, 1.54) is 58.0 Å². The molecule has 0 amide bonds. The molecular weight excluding hydrogens is 246 g/mol. The standard InChI is InChI=1S/C9H19NO.C7H14.C2H6/c1-8(2)11-9-4-6-10(3)7-5-9;1-7-5-3-2-4-6-7;1-2/h8-9H,4-7H2,1-3H3;7H,2-6H2,1H3;1-2H3. The molecule has 1 aliphatic carbocycles. The average Bonchev–Trinajstić information content (AvgIpc) is 2.45. The maximum atomic E-state index is 5.71. The summed E-state index contributed by atoms with van der Waals surface area (Å²) in [6, 6.07) is 0. The van der Waals surface area contributed by atoms with Crippen molar-refractivity contribution in [3.63, 3.8) is 0 Å². The minimum Gasteiger partial charge on any atom is -0.375 e. The van der Waals surface area contributed by atoms with Gasteiger partial charge in [-0.2, -0.15) is 0 Å². The Hall–Kier alpha value is -0.0800. The second-order valence-electron chi connectivity index (χ2n) is 6.43. The van der Waals surface area contributed by atoms with Gasteiger partial charge in [0.25, 0.3) is 0 Å². The quantitative estimate of drug-likeness (QED) is 0.698. The Morgan fingerprint density at radius 3 is 1.75 bits per heavy atom. The maximum absolute atomic E-state index is 5.71. The molecule has 1 heterocycles. The van der Waals surface area contributed by atoms with E-state index in [0.29, 0.717) is 12.2 Å². The fraction of sp³-hybridized carbons (Fsp3) is 1.00. The molecule has 2 rings (SSSR count). The molecule has 2 aliphatic rings. The Kier molecular flexibility index (Phi) is 12.6. The Balaban J connectivity index is 0.000000345. The van der Waals surface area contributed by atoms with Crippen molar-refractivity contribution in [2.75, 3.05) is 20.1 Å². The molecule has 0 atom stereocenters. The van der Waals surface area contributed by atoms with E-state index in [2.05, 4.69) is 32.7 Å². The van der Waals surface area contributed by atoms with E-state index >= 15 is 0 Å². The van der Waals surface area contributed by atoms with Crippen LogP contribution in [0.25, 0.3) is 0 Å². The van der Waals surface area contributed by atoms with Crippen LogP contribution >= 0.6 is 0 Å². The largest absolute Gasteiger partial charge is 0.375 e. The lowest BCUT2D eigenvalue weighted by atomic mass is 9.91. The van der Waals surface area contributed by atoms with Gasteiger partial charge in [0.2, 0.25) is 0 Å². The molecule has 0 radical (unpaired) electrons. The normalized spacial score (nSPS) is 21.8. The van der Waals surface area contributed by atoms with Crippen LogP contribution in [0.15, 0.2) is 0 Å². The van der Waals surface area contributed by atoms with Crippen molar-refractivity contribution >= 4 is 0 Å². The van der Waals surface area contributed by atoms with Crippen LogP contribution in [-0.2, 0) is 4.74 Å². The first-order chi connectivity index (χ1) is 9.58. The third-order valence-electron chi connectivity index (χ3n) is 4.02. The van der Waals surface area contributed by atoms with Crippen LogP contribution in [0, 0.1) is 5.92 Å². The molecule has 1 saturated carbocycles. The van der Waals surface area contributed by atoms with E-state index in [4.69, 9.17) is 4.74 Å². The molecule has 2 nitrogen and oxygen atoms in total. The number of ether oxygens (including phenoxy) is 1. The highest BCUT2D eigenvalue weighted by atomic mass is 16.5. The van der Waals surface area contributed by atoms with Crippen molar-refractivity contribution < 1.29 is 4.74 Å². The lowest BCUT2D eigenvalue weighted by Crippen LogP contribution is -2.35. The summed E-state index contributed by atoms with van der Waals surface area (Å²) in [5, 5.41) is 0. The van der Waals surface area contributed by atoms with Gasteiger partial charge in [0.1, 0.15) is 0 Å². The van der Waals surface area contributed by atoms with Crippen LogP contribution in [-0.4, -0.2) is 37.2 Å². The zero-order valence-corrected chi connectivity index (χ0v) is 15.0. The van der Waals surface area contributed by atoms with Crippen molar-refractivity contribution in [3.05, 3.63) is 0 Å². The summed E-state index contributed by atoms with van der Waals surface area (Å²) in [5.74, 6) is 1.04. The van der Waals surface area contributed by atoms with Gasteiger partial charge in [-0.3, -0.25) is 0 Å². The van der Waals surface area contributed by atoms with E-state index in [-0.39, 0.29) is 0 Å². The fourth-order valence-electron chi connectivity index (χ4n) is 2.81. The number of piperidine rings is 1. The van der Waals surface area contributed by atoms with Crippen LogP contribution in [0.4, 0.5) is 0 Å². The van der Waals surface area contributed by atoms with Crippen LogP contribution in [0.2, 0.25) is 0 Å². The molecule has 0 spiro atoms. The van der Waals surface area contributed by atoms with Gasteiger partial charge < -0.3 is 9.64 Å². The average molecular weight is 286 g/mol. The van der Waals surface area contributed by atoms with Crippen molar-refractivity contribution in [2.24, 2.45) is 5.92 Å². The van der Waals surface area contributed by atoms with Gasteiger partial charge in [-0.1, -0.05) is 52.9 Å². The lowest BCUT2D eigenvalue weighted by molar-refractivity contribution is -0.0232. The Labute approximate surface area is 128 Å². The highest BCUT2D eigenvalue weighted by Crippen LogP contribution is 2.22. The van der Waals surface area contributed by atoms with Crippen molar-refractivity contribution in [2.45, 2.75) is 91.8 Å². The van der Waals surface area contributed by atoms with Gasteiger partial charge in [-0.05, 0) is 39.7 Å². The number of nitrogens with zero attached hydrogens (tertiary/aromatic N) is 1. The molecule has 1 saturated heterocycles. The lowest BCUT2D eigenvalue weighted by Gasteiger charge is -2.30. The molecule has 122 valence electrons. The van der Waals surface area contributed by atoms with E-state index in [1.807, 2.05) is 13.8 Å². The predicted molar refractivity (Wildman–Crippen MR) is 90.3 cm³/mol. The molecule has 0 aromatic rings. The van der Waals surface area contributed by atoms with Gasteiger partial charge in [-0.15, -0.1) is 0 Å². The summed E-state index contributed by atoms with van der Waals surface area (Å²) in [7, 11) is 2.17. The minimum absolute atomic E-state index is 0.392. The smallest absolute Gasteiger partial charge is 0.0603 e. The molecular formula is C18H39NO. The summed E-state index contributed by atoms with van der Waals surface area (Å²) in [5.41, 5.74) is 0. The van der Waals surface area contributed by atoms with Crippen molar-refractivity contribution in [1.29, 1.82) is 0 Å². The summed E-state index contributed by atoms with van der Waals surface area (Å²) in [6.07, 6.45) is 10.8. The van der Waals surface area contributed by atoms with Crippen LogP contribution in [0.3, 0.4) is 0 Å². The molecule has 0 N–H and O–H groups in total. The van der Waals surface area contributed by atoms with Gasteiger partial charge in [-0.25, -0.2) is 0 Å². The van der Waals surface area contributed by atoms with Gasteiger partial charge in [0, 0.05) is 13.1 Å². The first kappa shape index (κ1) is 19.9. The highest BCUT2D eigenvalue weighted by molar-refractivity contribution is 4.70. The van der Waals surface area contributed by atoms with E-state index in [1.54, 1.807) is 0 Å². The molecule has 0 aromatic carbocycles. The first-order valence-corrected chi connectivity index (χ1v) is 8.92. The van der Waals surface area contributed by atoms with E-state index in [0.717, 1.165) is 5.92 Å². The van der Waals surface area contributed by atoms with Crippen LogP contribution < -0.4 is 0 Å². The first-order valence-electron chi connectivity index (χ1n) is 8.92. The van der Waals surface area contributed by atoms with Crippen LogP contribution in [0.5, 0.6) is 0 Å². The zero-order valence-electron chi connectivity index (χ0n) is 15.0. The summed E-state index contributed by atoms with van der Waals surface area (Å²) >= 11 is 0. The Bertz CT molecular complexity index is 192. The third-order valence-corrected chi connectivity index (χ3v) is 4.02. The van der Waals surface area contributed by atoms with Crippen molar-refractivity contribution in [1.82, 2.24) is 4.90 Å². The molecule has 20 heavy (non-hydrogen) atoms. The molecule has 0 aromatic heterocycles. The number of likely N-dealkylation sites (tertiary alicyclic amines) is 1. The topological polar surface area (TPSA) is 12.5 Å². The van der Waals surface area contributed by atoms with Gasteiger partial charge in [0.05, 0.1) is 12.2 Å². The summed E-state index contributed by atoms with van der Waals surface area (Å²) in [4.78, 5) is 2.36. The predicted octanol–water partition coefficient (Wildman–Crippen LogP) is 5.12. The number of hydrogen-bond acceptors (Lipinski definition) is 2. The third kappa shape index (κ3) is 10.7. The zero-order chi connectivity index (χ0) is 15.4. The van der Waals surface area contributed by atoms with Crippen LogP contribution in [0.1, 0.15) is 79.6 Å². The minimum atomic E-state index is 0.392. The fourth-order valence-corrected chi connectivity index (χ4v) is 2.81. The molecule has 0 unspecified atom stereocenters. The maximum Gasteiger partial charge on any atom is 0.0603 e. The van der Waals surface area contributed by atoms with Crippen molar-refractivity contribution in [3.8, 4) is 0 Å². The Morgan fingerprint density at radius 1 is 0.900 bits per heavy atom. The molecule has 2 fully saturated rings. The second kappa shape index (κ2) is 12.6. The Morgan fingerprint density at radius 2 is 1.40 bits per heavy atom. The number of rotatable bonds is 2. The molecule has 0 bridgehead atoms. The highest BCUT2D eigenvalue weighted by Gasteiger charge is 2.17. The summed E-state index contributed by atoms with van der Waals surface area (Å²) < 4.78 is 5.71. The van der Waals surface area contributed by atoms with E-state index < -0.39 is 0 Å². The van der Waals surface area contributed by atoms with Gasteiger partial charge >= 0.3 is 0 Å².